The lowest BCUT2D eigenvalue weighted by atomic mass is 9.84. The van der Waals surface area contributed by atoms with E-state index in [1.165, 1.54) is 32.1 Å². The summed E-state index contributed by atoms with van der Waals surface area (Å²) in [6.45, 7) is 0.875. The number of likely N-dealkylation sites (N-methyl/N-ethyl adjacent to an activating group) is 1. The molecule has 3 rings (SSSR count). The fraction of sp³-hybridized carbons (Fsp3) is 0.867. The maximum absolute atomic E-state index is 5.74. The zero-order chi connectivity index (χ0) is 13.8. The average Bonchev–Trinajstić information content (AvgIpc) is 2.96. The van der Waals surface area contributed by atoms with E-state index >= 15 is 0 Å². The minimum absolute atomic E-state index is 0.278. The molecular weight excluding hydrogens is 254 g/mol. The summed E-state index contributed by atoms with van der Waals surface area (Å²) >= 11 is 0. The van der Waals surface area contributed by atoms with Crippen molar-refractivity contribution in [3.63, 3.8) is 0 Å². The van der Waals surface area contributed by atoms with Crippen molar-refractivity contribution in [3.8, 4) is 0 Å². The summed E-state index contributed by atoms with van der Waals surface area (Å²) in [7, 11) is 2.02. The number of rotatable bonds is 4. The third-order valence-electron chi connectivity index (χ3n) is 4.62. The van der Waals surface area contributed by atoms with Crippen LogP contribution in [0.2, 0.25) is 0 Å². The van der Waals surface area contributed by atoms with Gasteiger partial charge in [-0.05, 0) is 39.2 Å². The predicted octanol–water partition coefficient (Wildman–Crippen LogP) is 2.43. The highest BCUT2D eigenvalue weighted by atomic mass is 16.5. The Morgan fingerprint density at radius 2 is 2.00 bits per heavy atom. The summed E-state index contributed by atoms with van der Waals surface area (Å²) in [5, 5.41) is 7.55. The second kappa shape index (κ2) is 6.68. The minimum atomic E-state index is 0.278. The van der Waals surface area contributed by atoms with Gasteiger partial charge in [-0.2, -0.15) is 4.98 Å². The summed E-state index contributed by atoms with van der Waals surface area (Å²) in [6.07, 6.45) is 9.51. The molecule has 5 nitrogen and oxygen atoms in total. The molecule has 2 heterocycles. The van der Waals surface area contributed by atoms with Crippen molar-refractivity contribution in [2.24, 2.45) is 0 Å². The molecule has 20 heavy (non-hydrogen) atoms. The van der Waals surface area contributed by atoms with E-state index in [0.717, 1.165) is 37.6 Å². The molecule has 0 aromatic carbocycles. The number of nitrogens with zero attached hydrogens (tertiary/aromatic N) is 2. The third-order valence-corrected chi connectivity index (χ3v) is 4.62. The van der Waals surface area contributed by atoms with Crippen molar-refractivity contribution >= 4 is 0 Å². The van der Waals surface area contributed by atoms with E-state index in [0.29, 0.717) is 12.0 Å². The summed E-state index contributed by atoms with van der Waals surface area (Å²) in [5.74, 6) is 2.00. The van der Waals surface area contributed by atoms with Crippen molar-refractivity contribution in [1.29, 1.82) is 0 Å². The number of ether oxygens (including phenoxy) is 1. The van der Waals surface area contributed by atoms with E-state index in [-0.39, 0.29) is 6.10 Å². The van der Waals surface area contributed by atoms with Gasteiger partial charge in [-0.1, -0.05) is 18.0 Å². The van der Waals surface area contributed by atoms with Crippen LogP contribution < -0.4 is 5.32 Å². The highest BCUT2D eigenvalue weighted by Gasteiger charge is 2.30. The highest BCUT2D eigenvalue weighted by molar-refractivity contribution is 5.02. The lowest BCUT2D eigenvalue weighted by Crippen LogP contribution is -2.34. The molecule has 2 aliphatic rings. The Labute approximate surface area is 120 Å². The fourth-order valence-electron chi connectivity index (χ4n) is 3.44. The fourth-order valence-corrected chi connectivity index (χ4v) is 3.44. The van der Waals surface area contributed by atoms with Crippen molar-refractivity contribution in [1.82, 2.24) is 15.5 Å². The van der Waals surface area contributed by atoms with E-state index in [1.807, 2.05) is 7.05 Å². The zero-order valence-electron chi connectivity index (χ0n) is 12.3. The predicted molar refractivity (Wildman–Crippen MR) is 75.6 cm³/mol. The van der Waals surface area contributed by atoms with Crippen LogP contribution in [0.4, 0.5) is 0 Å². The van der Waals surface area contributed by atoms with Gasteiger partial charge < -0.3 is 14.6 Å². The molecule has 0 radical (unpaired) electrons. The number of hydrogen-bond acceptors (Lipinski definition) is 5. The average molecular weight is 279 g/mol. The van der Waals surface area contributed by atoms with E-state index in [1.54, 1.807) is 0 Å². The zero-order valence-corrected chi connectivity index (χ0v) is 12.3. The van der Waals surface area contributed by atoms with E-state index < -0.39 is 0 Å². The Kier molecular flexibility index (Phi) is 4.68. The Morgan fingerprint density at radius 3 is 2.80 bits per heavy atom. The molecule has 5 heteroatoms. The second-order valence-electron chi connectivity index (χ2n) is 6.03. The van der Waals surface area contributed by atoms with Gasteiger partial charge in [0.1, 0.15) is 0 Å². The van der Waals surface area contributed by atoms with Crippen molar-refractivity contribution in [2.45, 2.75) is 69.4 Å². The maximum atomic E-state index is 5.74. The molecule has 1 aliphatic carbocycles. The molecule has 1 aromatic heterocycles. The van der Waals surface area contributed by atoms with Gasteiger partial charge in [0.25, 0.3) is 0 Å². The summed E-state index contributed by atoms with van der Waals surface area (Å²) < 4.78 is 11.3. The molecule has 2 fully saturated rings. The first-order valence-corrected chi connectivity index (χ1v) is 7.98. The maximum Gasteiger partial charge on any atom is 0.231 e. The molecule has 1 saturated carbocycles. The molecule has 0 bridgehead atoms. The van der Waals surface area contributed by atoms with Crippen LogP contribution in [0.25, 0.3) is 0 Å². The second-order valence-corrected chi connectivity index (χ2v) is 6.03. The van der Waals surface area contributed by atoms with Crippen LogP contribution >= 0.6 is 0 Å². The summed E-state index contributed by atoms with van der Waals surface area (Å²) in [6, 6.07) is 0.475. The topological polar surface area (TPSA) is 60.2 Å². The molecule has 1 saturated heterocycles. The Balaban J connectivity index is 1.63. The van der Waals surface area contributed by atoms with E-state index in [9.17, 15) is 0 Å². The Hall–Kier alpha value is -0.940. The molecule has 0 amide bonds. The van der Waals surface area contributed by atoms with Gasteiger partial charge in [0.2, 0.25) is 5.89 Å². The minimum Gasteiger partial charge on any atom is -0.378 e. The lowest BCUT2D eigenvalue weighted by molar-refractivity contribution is 0.0153. The Bertz CT molecular complexity index is 415. The number of hydrogen-bond donors (Lipinski definition) is 1. The van der Waals surface area contributed by atoms with Gasteiger partial charge in [-0.15, -0.1) is 0 Å². The molecule has 1 aliphatic heterocycles. The molecule has 112 valence electrons. The highest BCUT2D eigenvalue weighted by Crippen LogP contribution is 2.32. The monoisotopic (exact) mass is 279 g/mol. The van der Waals surface area contributed by atoms with Crippen molar-refractivity contribution in [2.75, 3.05) is 13.7 Å². The first kappa shape index (κ1) is 14.0. The van der Waals surface area contributed by atoms with Crippen LogP contribution in [-0.4, -0.2) is 35.9 Å². The first-order chi connectivity index (χ1) is 9.86. The molecule has 3 unspecified atom stereocenters. The molecular formula is C15H25N3O2. The summed E-state index contributed by atoms with van der Waals surface area (Å²) in [5.41, 5.74) is 0. The molecule has 1 N–H and O–H groups in total. The lowest BCUT2D eigenvalue weighted by Gasteiger charge is -2.28. The van der Waals surface area contributed by atoms with Gasteiger partial charge in [-0.3, -0.25) is 0 Å². The summed E-state index contributed by atoms with van der Waals surface area (Å²) in [4.78, 5) is 4.63. The van der Waals surface area contributed by atoms with Crippen LogP contribution in [0.5, 0.6) is 0 Å². The van der Waals surface area contributed by atoms with Crippen molar-refractivity contribution < 1.29 is 9.26 Å². The van der Waals surface area contributed by atoms with Gasteiger partial charge in [-0.25, -0.2) is 0 Å². The molecule has 3 atom stereocenters. The number of nitrogens with one attached hydrogen (secondary N) is 1. The normalized spacial score (nSPS) is 31.4. The first-order valence-electron chi connectivity index (χ1n) is 7.98. The smallest absolute Gasteiger partial charge is 0.231 e. The Morgan fingerprint density at radius 1 is 1.15 bits per heavy atom. The SMILES string of the molecule is CNC1CCCCC1c1nc(CC2CCCCO2)no1. The van der Waals surface area contributed by atoms with Crippen LogP contribution in [-0.2, 0) is 11.2 Å². The van der Waals surface area contributed by atoms with Gasteiger partial charge in [0.15, 0.2) is 5.82 Å². The third kappa shape index (κ3) is 3.20. The largest absolute Gasteiger partial charge is 0.378 e. The van der Waals surface area contributed by atoms with Crippen LogP contribution in [0.15, 0.2) is 4.52 Å². The molecule has 0 spiro atoms. The van der Waals surface area contributed by atoms with Crippen molar-refractivity contribution in [3.05, 3.63) is 11.7 Å². The molecule has 1 aromatic rings. The van der Waals surface area contributed by atoms with Crippen LogP contribution in [0.3, 0.4) is 0 Å². The van der Waals surface area contributed by atoms with E-state index in [4.69, 9.17) is 9.26 Å². The van der Waals surface area contributed by atoms with Crippen LogP contribution in [0, 0.1) is 0 Å². The number of aromatic nitrogens is 2. The van der Waals surface area contributed by atoms with Gasteiger partial charge in [0, 0.05) is 19.1 Å². The quantitative estimate of drug-likeness (QED) is 0.917. The standard InChI is InChI=1S/C15H25N3O2/c1-16-13-8-3-2-7-12(13)15-17-14(18-20-15)10-11-6-4-5-9-19-11/h11-13,16H,2-10H2,1H3. The van der Waals surface area contributed by atoms with Gasteiger partial charge >= 0.3 is 0 Å². The van der Waals surface area contributed by atoms with Crippen LogP contribution in [0.1, 0.15) is 62.6 Å². The van der Waals surface area contributed by atoms with E-state index in [2.05, 4.69) is 15.5 Å². The van der Waals surface area contributed by atoms with Gasteiger partial charge in [0.05, 0.1) is 12.0 Å².